The molecule has 2 amide bonds. The van der Waals surface area contributed by atoms with Crippen LogP contribution in [0.25, 0.3) is 0 Å². The Labute approximate surface area is 154 Å². The van der Waals surface area contributed by atoms with E-state index < -0.39 is 0 Å². The Bertz CT molecular complexity index is 647. The van der Waals surface area contributed by atoms with Crippen LogP contribution in [0.5, 0.6) is 11.5 Å². The smallest absolute Gasteiger partial charge is 0.227 e. The highest BCUT2D eigenvalue weighted by atomic mass is 16.5. The Morgan fingerprint density at radius 1 is 1.00 bits per heavy atom. The van der Waals surface area contributed by atoms with Crippen LogP contribution in [0.3, 0.4) is 0 Å². The third-order valence-corrected chi connectivity index (χ3v) is 5.53. The van der Waals surface area contributed by atoms with E-state index in [4.69, 9.17) is 9.47 Å². The third-order valence-electron chi connectivity index (χ3n) is 5.53. The maximum absolute atomic E-state index is 12.6. The van der Waals surface area contributed by atoms with Crippen molar-refractivity contribution < 1.29 is 19.1 Å². The first-order valence-electron chi connectivity index (χ1n) is 9.44. The molecule has 2 aliphatic rings. The summed E-state index contributed by atoms with van der Waals surface area (Å²) in [6, 6.07) is 5.34. The van der Waals surface area contributed by atoms with E-state index in [1.165, 1.54) is 0 Å². The summed E-state index contributed by atoms with van der Waals surface area (Å²) < 4.78 is 10.5. The maximum atomic E-state index is 12.6. The molecule has 1 aromatic rings. The highest BCUT2D eigenvalue weighted by Gasteiger charge is 2.33. The van der Waals surface area contributed by atoms with E-state index >= 15 is 0 Å². The molecule has 1 N–H and O–H groups in total. The van der Waals surface area contributed by atoms with E-state index in [1.807, 2.05) is 4.90 Å². The van der Waals surface area contributed by atoms with E-state index in [9.17, 15) is 9.59 Å². The molecule has 1 aliphatic heterocycles. The molecule has 0 bridgehead atoms. The van der Waals surface area contributed by atoms with Crippen molar-refractivity contribution in [2.75, 3.05) is 32.6 Å². The molecule has 6 nitrogen and oxygen atoms in total. The van der Waals surface area contributed by atoms with Gasteiger partial charge in [-0.25, -0.2) is 0 Å². The number of ether oxygens (including phenoxy) is 2. The van der Waals surface area contributed by atoms with Crippen molar-refractivity contribution in [3.8, 4) is 11.5 Å². The molecule has 2 fully saturated rings. The lowest BCUT2D eigenvalue weighted by molar-refractivity contribution is -0.136. The fourth-order valence-corrected chi connectivity index (χ4v) is 3.93. The van der Waals surface area contributed by atoms with Gasteiger partial charge in [0.05, 0.1) is 19.9 Å². The monoisotopic (exact) mass is 360 g/mol. The lowest BCUT2D eigenvalue weighted by Crippen LogP contribution is -2.37. The van der Waals surface area contributed by atoms with Gasteiger partial charge in [0, 0.05) is 31.0 Å². The molecule has 1 saturated carbocycles. The molecule has 0 unspecified atom stereocenters. The zero-order valence-corrected chi connectivity index (χ0v) is 15.6. The number of anilines is 1. The largest absolute Gasteiger partial charge is 0.497 e. The second-order valence-electron chi connectivity index (χ2n) is 7.14. The van der Waals surface area contributed by atoms with E-state index in [1.54, 1.807) is 32.4 Å². The van der Waals surface area contributed by atoms with E-state index in [-0.39, 0.29) is 23.7 Å². The molecule has 0 atom stereocenters. The summed E-state index contributed by atoms with van der Waals surface area (Å²) in [7, 11) is 3.16. The van der Waals surface area contributed by atoms with Crippen molar-refractivity contribution in [3.05, 3.63) is 18.2 Å². The predicted molar refractivity (Wildman–Crippen MR) is 99.4 cm³/mol. The standard InChI is InChI=1S/C20H28N2O4/c1-25-16-9-10-17(18(13-16)26-2)21-19(23)14-5-7-15(8-6-14)20(24)22-11-3-4-12-22/h9-10,13-15H,3-8,11-12H2,1-2H3,(H,21,23). The minimum absolute atomic E-state index is 0.000498. The minimum atomic E-state index is -0.0514. The van der Waals surface area contributed by atoms with Gasteiger partial charge in [0.15, 0.2) is 0 Å². The van der Waals surface area contributed by atoms with Gasteiger partial charge in [-0.1, -0.05) is 0 Å². The van der Waals surface area contributed by atoms with Crippen molar-refractivity contribution >= 4 is 17.5 Å². The molecular weight excluding hydrogens is 332 g/mol. The van der Waals surface area contributed by atoms with Crippen LogP contribution in [0.2, 0.25) is 0 Å². The molecule has 1 saturated heterocycles. The number of benzene rings is 1. The van der Waals surface area contributed by atoms with Crippen molar-refractivity contribution in [2.45, 2.75) is 38.5 Å². The first-order valence-corrected chi connectivity index (χ1v) is 9.44. The van der Waals surface area contributed by atoms with E-state index in [2.05, 4.69) is 5.32 Å². The van der Waals surface area contributed by atoms with Crippen LogP contribution in [-0.4, -0.2) is 44.0 Å². The number of hydrogen-bond acceptors (Lipinski definition) is 4. The predicted octanol–water partition coefficient (Wildman–Crippen LogP) is 3.07. The van der Waals surface area contributed by atoms with Gasteiger partial charge in [-0.3, -0.25) is 9.59 Å². The first-order chi connectivity index (χ1) is 12.6. The Morgan fingerprint density at radius 2 is 1.65 bits per heavy atom. The lowest BCUT2D eigenvalue weighted by Gasteiger charge is -2.30. The number of carbonyl (C=O) groups excluding carboxylic acids is 2. The number of nitrogens with zero attached hydrogens (tertiary/aromatic N) is 1. The molecular formula is C20H28N2O4. The zero-order chi connectivity index (χ0) is 18.5. The average molecular weight is 360 g/mol. The highest BCUT2D eigenvalue weighted by Crippen LogP contribution is 2.33. The second kappa shape index (κ2) is 8.43. The maximum Gasteiger partial charge on any atom is 0.227 e. The number of carbonyl (C=O) groups is 2. The van der Waals surface area contributed by atoms with Crippen molar-refractivity contribution in [3.63, 3.8) is 0 Å². The Hall–Kier alpha value is -2.24. The summed E-state index contributed by atoms with van der Waals surface area (Å²) in [6.07, 6.45) is 5.35. The Balaban J connectivity index is 1.54. The summed E-state index contributed by atoms with van der Waals surface area (Å²) in [6.45, 7) is 1.80. The molecule has 1 aromatic carbocycles. The van der Waals surface area contributed by atoms with Crippen LogP contribution in [-0.2, 0) is 9.59 Å². The van der Waals surface area contributed by atoms with Crippen LogP contribution in [0.1, 0.15) is 38.5 Å². The van der Waals surface area contributed by atoms with Crippen LogP contribution in [0.15, 0.2) is 18.2 Å². The van der Waals surface area contributed by atoms with Crippen LogP contribution in [0, 0.1) is 11.8 Å². The molecule has 26 heavy (non-hydrogen) atoms. The van der Waals surface area contributed by atoms with Crippen molar-refractivity contribution in [2.24, 2.45) is 11.8 Å². The SMILES string of the molecule is COc1ccc(NC(=O)C2CCC(C(=O)N3CCCC3)CC2)c(OC)c1. The first kappa shape index (κ1) is 18.5. The molecule has 0 spiro atoms. The van der Waals surface area contributed by atoms with E-state index in [0.29, 0.717) is 17.2 Å². The van der Waals surface area contributed by atoms with Gasteiger partial charge in [-0.2, -0.15) is 0 Å². The number of methoxy groups -OCH3 is 2. The van der Waals surface area contributed by atoms with Gasteiger partial charge in [0.2, 0.25) is 11.8 Å². The number of nitrogens with one attached hydrogen (secondary N) is 1. The summed E-state index contributed by atoms with van der Waals surface area (Å²) in [5.74, 6) is 1.59. The van der Waals surface area contributed by atoms with Crippen LogP contribution in [0.4, 0.5) is 5.69 Å². The van der Waals surface area contributed by atoms with E-state index in [0.717, 1.165) is 51.6 Å². The molecule has 0 radical (unpaired) electrons. The summed E-state index contributed by atoms with van der Waals surface area (Å²) in [5, 5.41) is 2.97. The summed E-state index contributed by atoms with van der Waals surface area (Å²) >= 11 is 0. The average Bonchev–Trinajstić information content (AvgIpc) is 3.22. The van der Waals surface area contributed by atoms with Gasteiger partial charge >= 0.3 is 0 Å². The van der Waals surface area contributed by atoms with Crippen LogP contribution < -0.4 is 14.8 Å². The highest BCUT2D eigenvalue weighted by molar-refractivity contribution is 5.94. The summed E-state index contributed by atoms with van der Waals surface area (Å²) in [4.78, 5) is 27.1. The number of hydrogen-bond donors (Lipinski definition) is 1. The number of amides is 2. The van der Waals surface area contributed by atoms with Gasteiger partial charge in [0.25, 0.3) is 0 Å². The van der Waals surface area contributed by atoms with Gasteiger partial charge in [0.1, 0.15) is 11.5 Å². The Kier molecular flexibility index (Phi) is 6.01. The number of rotatable bonds is 5. The Morgan fingerprint density at radius 3 is 2.27 bits per heavy atom. The van der Waals surface area contributed by atoms with Gasteiger partial charge in [-0.15, -0.1) is 0 Å². The summed E-state index contributed by atoms with van der Waals surface area (Å²) in [5.41, 5.74) is 0.647. The minimum Gasteiger partial charge on any atom is -0.497 e. The molecule has 0 aromatic heterocycles. The molecule has 1 heterocycles. The number of likely N-dealkylation sites (tertiary alicyclic amines) is 1. The topological polar surface area (TPSA) is 67.9 Å². The quantitative estimate of drug-likeness (QED) is 0.876. The van der Waals surface area contributed by atoms with Crippen molar-refractivity contribution in [1.82, 2.24) is 4.90 Å². The van der Waals surface area contributed by atoms with Gasteiger partial charge in [-0.05, 0) is 50.7 Å². The molecule has 1 aliphatic carbocycles. The van der Waals surface area contributed by atoms with Gasteiger partial charge < -0.3 is 19.7 Å². The molecule has 6 heteroatoms. The zero-order valence-electron chi connectivity index (χ0n) is 15.6. The third kappa shape index (κ3) is 4.11. The normalized spacial score (nSPS) is 22.8. The molecule has 3 rings (SSSR count). The second-order valence-corrected chi connectivity index (χ2v) is 7.14. The fourth-order valence-electron chi connectivity index (χ4n) is 3.93. The lowest BCUT2D eigenvalue weighted by atomic mass is 9.81. The fraction of sp³-hybridized carbons (Fsp3) is 0.600. The van der Waals surface area contributed by atoms with Crippen LogP contribution >= 0.6 is 0 Å². The van der Waals surface area contributed by atoms with Crippen molar-refractivity contribution in [1.29, 1.82) is 0 Å². The molecule has 142 valence electrons.